The van der Waals surface area contributed by atoms with Crippen LogP contribution in [0.3, 0.4) is 0 Å². The number of nitrogens with one attached hydrogen (secondary N) is 1. The van der Waals surface area contributed by atoms with Crippen molar-refractivity contribution < 1.29 is 14.3 Å². The lowest BCUT2D eigenvalue weighted by molar-refractivity contribution is 0.0954. The van der Waals surface area contributed by atoms with E-state index in [-0.39, 0.29) is 5.91 Å². The highest BCUT2D eigenvalue weighted by atomic mass is 16.5. The Labute approximate surface area is 142 Å². The van der Waals surface area contributed by atoms with E-state index in [1.54, 1.807) is 24.3 Å². The average Bonchev–Trinajstić information content (AvgIpc) is 2.57. The van der Waals surface area contributed by atoms with Gasteiger partial charge in [-0.3, -0.25) is 4.79 Å². The molecule has 0 atom stereocenters. The van der Waals surface area contributed by atoms with E-state index in [0.29, 0.717) is 37.4 Å². The van der Waals surface area contributed by atoms with Crippen molar-refractivity contribution in [2.75, 3.05) is 25.5 Å². The number of hydrogen-bond donors (Lipinski definition) is 2. The molecule has 5 nitrogen and oxygen atoms in total. The van der Waals surface area contributed by atoms with Crippen LogP contribution in [-0.4, -0.2) is 25.7 Å². The number of ether oxygens (including phenoxy) is 2. The van der Waals surface area contributed by atoms with Crippen LogP contribution in [0, 0.1) is 0 Å². The first-order valence-electron chi connectivity index (χ1n) is 8.16. The maximum atomic E-state index is 12.1. The molecule has 0 aliphatic carbocycles. The highest BCUT2D eigenvalue weighted by Gasteiger charge is 2.08. The number of amides is 1. The van der Waals surface area contributed by atoms with E-state index in [1.165, 1.54) is 0 Å². The largest absolute Gasteiger partial charge is 0.490 e. The third kappa shape index (κ3) is 4.91. The molecule has 128 valence electrons. The summed E-state index contributed by atoms with van der Waals surface area (Å²) in [6, 6.07) is 12.8. The first-order valence-corrected chi connectivity index (χ1v) is 8.16. The summed E-state index contributed by atoms with van der Waals surface area (Å²) in [4.78, 5) is 12.1. The smallest absolute Gasteiger partial charge is 0.251 e. The second-order valence-electron chi connectivity index (χ2n) is 5.28. The molecule has 0 fully saturated rings. The quantitative estimate of drug-likeness (QED) is 0.731. The number of benzene rings is 2. The zero-order chi connectivity index (χ0) is 17.4. The van der Waals surface area contributed by atoms with Gasteiger partial charge in [-0.2, -0.15) is 0 Å². The Morgan fingerprint density at radius 1 is 1.04 bits per heavy atom. The molecule has 3 N–H and O–H groups in total. The molecule has 0 spiro atoms. The van der Waals surface area contributed by atoms with E-state index < -0.39 is 0 Å². The number of hydrogen-bond acceptors (Lipinski definition) is 4. The number of nitrogen functional groups attached to an aromatic ring is 1. The summed E-state index contributed by atoms with van der Waals surface area (Å²) in [6.07, 6.45) is 0.709. The van der Waals surface area contributed by atoms with E-state index in [1.807, 2.05) is 32.0 Å². The van der Waals surface area contributed by atoms with Gasteiger partial charge in [0.05, 0.1) is 13.2 Å². The summed E-state index contributed by atoms with van der Waals surface area (Å²) in [5.74, 6) is 1.35. The molecule has 5 heteroatoms. The van der Waals surface area contributed by atoms with Crippen molar-refractivity contribution in [3.8, 4) is 11.5 Å². The summed E-state index contributed by atoms with van der Waals surface area (Å²) >= 11 is 0. The molecule has 0 unspecified atom stereocenters. The van der Waals surface area contributed by atoms with E-state index in [2.05, 4.69) is 5.32 Å². The summed E-state index contributed by atoms with van der Waals surface area (Å²) in [5, 5.41) is 2.90. The third-order valence-corrected chi connectivity index (χ3v) is 3.46. The molecular weight excluding hydrogens is 304 g/mol. The Bertz CT molecular complexity index is 686. The van der Waals surface area contributed by atoms with Crippen LogP contribution in [0.2, 0.25) is 0 Å². The zero-order valence-corrected chi connectivity index (χ0v) is 14.2. The van der Waals surface area contributed by atoms with Gasteiger partial charge in [-0.25, -0.2) is 0 Å². The normalized spacial score (nSPS) is 10.2. The number of carbonyl (C=O) groups excluding carboxylic acids is 1. The first-order chi connectivity index (χ1) is 11.6. The van der Waals surface area contributed by atoms with E-state index >= 15 is 0 Å². The van der Waals surface area contributed by atoms with Crippen LogP contribution in [0.15, 0.2) is 42.5 Å². The molecule has 0 bridgehead atoms. The van der Waals surface area contributed by atoms with Crippen molar-refractivity contribution in [3.63, 3.8) is 0 Å². The molecule has 0 saturated carbocycles. The van der Waals surface area contributed by atoms with Crippen molar-refractivity contribution in [2.45, 2.75) is 20.3 Å². The molecule has 0 heterocycles. The first kappa shape index (κ1) is 17.7. The second kappa shape index (κ2) is 8.82. The highest BCUT2D eigenvalue weighted by Crippen LogP contribution is 2.28. The lowest BCUT2D eigenvalue weighted by Crippen LogP contribution is -2.25. The summed E-state index contributed by atoms with van der Waals surface area (Å²) in [6.45, 7) is 5.59. The minimum absolute atomic E-state index is 0.127. The summed E-state index contributed by atoms with van der Waals surface area (Å²) in [7, 11) is 0. The fraction of sp³-hybridized carbons (Fsp3) is 0.316. The SMILES string of the molecule is CCOc1ccc(CCNC(=O)c2cccc(N)c2)cc1OCC. The summed E-state index contributed by atoms with van der Waals surface area (Å²) < 4.78 is 11.2. The van der Waals surface area contributed by atoms with Crippen LogP contribution in [0.1, 0.15) is 29.8 Å². The third-order valence-electron chi connectivity index (χ3n) is 3.46. The Morgan fingerprint density at radius 3 is 2.50 bits per heavy atom. The number of anilines is 1. The van der Waals surface area contributed by atoms with E-state index in [9.17, 15) is 4.79 Å². The predicted octanol–water partition coefficient (Wildman–Crippen LogP) is 3.04. The van der Waals surface area contributed by atoms with Crippen LogP contribution >= 0.6 is 0 Å². The molecule has 2 rings (SSSR count). The van der Waals surface area contributed by atoms with E-state index in [0.717, 1.165) is 17.1 Å². The molecule has 2 aromatic rings. The second-order valence-corrected chi connectivity index (χ2v) is 5.28. The maximum Gasteiger partial charge on any atom is 0.251 e. The van der Waals surface area contributed by atoms with Crippen LogP contribution in [0.5, 0.6) is 11.5 Å². The lowest BCUT2D eigenvalue weighted by Gasteiger charge is -2.12. The van der Waals surface area contributed by atoms with Crippen molar-refractivity contribution in [3.05, 3.63) is 53.6 Å². The molecule has 0 saturated heterocycles. The van der Waals surface area contributed by atoms with E-state index in [4.69, 9.17) is 15.2 Å². The molecular formula is C19H24N2O3. The Balaban J connectivity index is 1.94. The van der Waals surface area contributed by atoms with Gasteiger partial charge < -0.3 is 20.5 Å². The number of nitrogens with two attached hydrogens (primary N) is 1. The molecule has 0 aromatic heterocycles. The van der Waals surface area contributed by atoms with Gasteiger partial charge in [-0.1, -0.05) is 12.1 Å². The van der Waals surface area contributed by atoms with Crippen LogP contribution in [-0.2, 0) is 6.42 Å². The molecule has 0 radical (unpaired) electrons. The van der Waals surface area contributed by atoms with Gasteiger partial charge in [0.15, 0.2) is 11.5 Å². The average molecular weight is 328 g/mol. The van der Waals surface area contributed by atoms with Crippen molar-refractivity contribution >= 4 is 11.6 Å². The molecule has 0 aliphatic rings. The fourth-order valence-electron chi connectivity index (χ4n) is 2.35. The zero-order valence-electron chi connectivity index (χ0n) is 14.2. The van der Waals surface area contributed by atoms with Gasteiger partial charge in [-0.15, -0.1) is 0 Å². The Hall–Kier alpha value is -2.69. The van der Waals surface area contributed by atoms with Gasteiger partial charge in [-0.05, 0) is 56.2 Å². The van der Waals surface area contributed by atoms with Gasteiger partial charge >= 0.3 is 0 Å². The molecule has 0 aliphatic heterocycles. The van der Waals surface area contributed by atoms with Gasteiger partial charge in [0.1, 0.15) is 0 Å². The summed E-state index contributed by atoms with van der Waals surface area (Å²) in [5.41, 5.74) is 7.92. The molecule has 2 aromatic carbocycles. The number of rotatable bonds is 8. The van der Waals surface area contributed by atoms with Crippen molar-refractivity contribution in [1.82, 2.24) is 5.32 Å². The highest BCUT2D eigenvalue weighted by molar-refractivity contribution is 5.94. The van der Waals surface area contributed by atoms with Gasteiger partial charge in [0, 0.05) is 17.8 Å². The van der Waals surface area contributed by atoms with Gasteiger partial charge in [0.2, 0.25) is 0 Å². The van der Waals surface area contributed by atoms with Crippen LogP contribution in [0.4, 0.5) is 5.69 Å². The maximum absolute atomic E-state index is 12.1. The van der Waals surface area contributed by atoms with Crippen LogP contribution in [0.25, 0.3) is 0 Å². The lowest BCUT2D eigenvalue weighted by atomic mass is 10.1. The minimum atomic E-state index is -0.127. The number of carbonyl (C=O) groups is 1. The fourth-order valence-corrected chi connectivity index (χ4v) is 2.35. The molecule has 24 heavy (non-hydrogen) atoms. The van der Waals surface area contributed by atoms with Gasteiger partial charge in [0.25, 0.3) is 5.91 Å². The standard InChI is InChI=1S/C19H24N2O3/c1-3-23-17-9-8-14(12-18(17)24-4-2)10-11-21-19(22)15-6-5-7-16(20)13-15/h5-9,12-13H,3-4,10-11,20H2,1-2H3,(H,21,22). The molecule has 1 amide bonds. The van der Waals surface area contributed by atoms with Crippen molar-refractivity contribution in [2.24, 2.45) is 0 Å². The topological polar surface area (TPSA) is 73.6 Å². The Morgan fingerprint density at radius 2 is 1.79 bits per heavy atom. The van der Waals surface area contributed by atoms with Crippen molar-refractivity contribution in [1.29, 1.82) is 0 Å². The minimum Gasteiger partial charge on any atom is -0.490 e. The Kier molecular flexibility index (Phi) is 6.49. The monoisotopic (exact) mass is 328 g/mol. The predicted molar refractivity (Wildman–Crippen MR) is 95.7 cm³/mol. The van der Waals surface area contributed by atoms with Crippen LogP contribution < -0.4 is 20.5 Å².